The highest BCUT2D eigenvalue weighted by molar-refractivity contribution is 9.11. The minimum absolute atomic E-state index is 0.0116. The smallest absolute Gasteiger partial charge is 0.0887 e. The molecule has 0 amide bonds. The maximum absolute atomic E-state index is 6.16. The summed E-state index contributed by atoms with van der Waals surface area (Å²) in [4.78, 5) is 1.06. The Morgan fingerprint density at radius 3 is 2.35 bits per heavy atom. The van der Waals surface area contributed by atoms with Crippen molar-refractivity contribution in [2.45, 2.75) is 4.83 Å². The first-order valence-electron chi connectivity index (χ1n) is 4.53. The molecule has 0 aliphatic rings. The Balaban J connectivity index is 2.42. The maximum Gasteiger partial charge on any atom is 0.0887 e. The SMILES string of the molecule is Clc1ccc(Cl)c(C(Br)c2cc(Cl)c(Br)s2)c1. The van der Waals surface area contributed by atoms with Crippen LogP contribution in [0.15, 0.2) is 28.1 Å². The lowest BCUT2D eigenvalue weighted by Gasteiger charge is -2.10. The standard InChI is InChI=1S/C11H5Br2Cl3S/c12-10(9-4-8(16)11(13)17-9)6-3-5(14)1-2-7(6)15/h1-4,10H. The number of alkyl halides is 1. The summed E-state index contributed by atoms with van der Waals surface area (Å²) in [6.07, 6.45) is 0. The lowest BCUT2D eigenvalue weighted by atomic mass is 10.1. The molecule has 2 aromatic rings. The van der Waals surface area contributed by atoms with E-state index in [1.54, 1.807) is 23.5 Å². The van der Waals surface area contributed by atoms with E-state index in [0.717, 1.165) is 14.2 Å². The molecular weight excluding hydrogens is 430 g/mol. The number of hydrogen-bond donors (Lipinski definition) is 0. The molecule has 0 aliphatic heterocycles. The fourth-order valence-corrected chi connectivity index (χ4v) is 4.42. The summed E-state index contributed by atoms with van der Waals surface area (Å²) in [6, 6.07) is 7.32. The molecule has 0 bridgehead atoms. The molecule has 6 heteroatoms. The summed E-state index contributed by atoms with van der Waals surface area (Å²) in [5.41, 5.74) is 0.935. The zero-order valence-electron chi connectivity index (χ0n) is 8.18. The van der Waals surface area contributed by atoms with Gasteiger partial charge in [-0.3, -0.25) is 0 Å². The van der Waals surface area contributed by atoms with Crippen LogP contribution in [0.25, 0.3) is 0 Å². The van der Waals surface area contributed by atoms with E-state index in [-0.39, 0.29) is 4.83 Å². The minimum atomic E-state index is -0.0116. The van der Waals surface area contributed by atoms with Crippen LogP contribution in [-0.4, -0.2) is 0 Å². The molecule has 17 heavy (non-hydrogen) atoms. The molecule has 0 N–H and O–H groups in total. The van der Waals surface area contributed by atoms with Gasteiger partial charge >= 0.3 is 0 Å². The van der Waals surface area contributed by atoms with Crippen molar-refractivity contribution in [3.8, 4) is 0 Å². The zero-order chi connectivity index (χ0) is 12.6. The highest BCUT2D eigenvalue weighted by Gasteiger charge is 2.18. The van der Waals surface area contributed by atoms with Crippen LogP contribution >= 0.6 is 78.0 Å². The van der Waals surface area contributed by atoms with Crippen LogP contribution in [0.4, 0.5) is 0 Å². The van der Waals surface area contributed by atoms with Gasteiger partial charge in [0, 0.05) is 14.9 Å². The normalized spacial score (nSPS) is 12.8. The fraction of sp³-hybridized carbons (Fsp3) is 0.0909. The third-order valence-electron chi connectivity index (χ3n) is 2.15. The van der Waals surface area contributed by atoms with Crippen LogP contribution in [0.5, 0.6) is 0 Å². The van der Waals surface area contributed by atoms with Gasteiger partial charge in [-0.1, -0.05) is 50.7 Å². The van der Waals surface area contributed by atoms with Gasteiger partial charge in [-0.2, -0.15) is 0 Å². The van der Waals surface area contributed by atoms with E-state index in [2.05, 4.69) is 31.9 Å². The highest BCUT2D eigenvalue weighted by atomic mass is 79.9. The molecule has 2 rings (SSSR count). The van der Waals surface area contributed by atoms with Crippen LogP contribution in [-0.2, 0) is 0 Å². The number of benzene rings is 1. The Morgan fingerprint density at radius 1 is 1.06 bits per heavy atom. The van der Waals surface area contributed by atoms with Crippen LogP contribution in [0, 0.1) is 0 Å². The Kier molecular flexibility index (Phi) is 4.84. The number of rotatable bonds is 2. The van der Waals surface area contributed by atoms with E-state index >= 15 is 0 Å². The third-order valence-corrected chi connectivity index (χ3v) is 6.55. The van der Waals surface area contributed by atoms with Crippen LogP contribution in [0.3, 0.4) is 0 Å². The molecule has 90 valence electrons. The van der Waals surface area contributed by atoms with E-state index in [4.69, 9.17) is 34.8 Å². The molecule has 0 aliphatic carbocycles. The van der Waals surface area contributed by atoms with E-state index in [9.17, 15) is 0 Å². The Labute approximate surface area is 135 Å². The number of halogens is 5. The van der Waals surface area contributed by atoms with Crippen LogP contribution < -0.4 is 0 Å². The lowest BCUT2D eigenvalue weighted by Crippen LogP contribution is -1.90. The average molecular weight is 435 g/mol. The summed E-state index contributed by atoms with van der Waals surface area (Å²) in [5, 5.41) is 2.04. The van der Waals surface area contributed by atoms with Gasteiger partial charge < -0.3 is 0 Å². The first-order valence-corrected chi connectivity index (χ1v) is 8.18. The first kappa shape index (κ1) is 14.2. The Bertz CT molecular complexity index is 534. The van der Waals surface area contributed by atoms with Crippen LogP contribution in [0.2, 0.25) is 15.1 Å². The Hall–Kier alpha value is 0.750. The van der Waals surface area contributed by atoms with E-state index in [1.807, 2.05) is 12.1 Å². The minimum Gasteiger partial charge on any atom is -0.130 e. The van der Waals surface area contributed by atoms with Crippen molar-refractivity contribution < 1.29 is 0 Å². The van der Waals surface area contributed by atoms with E-state index < -0.39 is 0 Å². The summed E-state index contributed by atoms with van der Waals surface area (Å²) in [6.45, 7) is 0. The molecule has 1 atom stereocenters. The van der Waals surface area contributed by atoms with Gasteiger partial charge in [-0.15, -0.1) is 11.3 Å². The molecule has 0 nitrogen and oxygen atoms in total. The molecule has 0 spiro atoms. The monoisotopic (exact) mass is 432 g/mol. The summed E-state index contributed by atoms with van der Waals surface area (Å²) in [5.74, 6) is 0. The second kappa shape index (κ2) is 5.81. The fourth-order valence-electron chi connectivity index (χ4n) is 1.35. The van der Waals surface area contributed by atoms with E-state index in [0.29, 0.717) is 15.1 Å². The van der Waals surface area contributed by atoms with Crippen molar-refractivity contribution in [2.75, 3.05) is 0 Å². The molecule has 1 aromatic carbocycles. The largest absolute Gasteiger partial charge is 0.130 e. The molecular formula is C11H5Br2Cl3S. The van der Waals surface area contributed by atoms with Crippen molar-refractivity contribution >= 4 is 78.0 Å². The van der Waals surface area contributed by atoms with Gasteiger partial charge in [-0.25, -0.2) is 0 Å². The van der Waals surface area contributed by atoms with Crippen molar-refractivity contribution in [3.63, 3.8) is 0 Å². The predicted molar refractivity (Wildman–Crippen MR) is 84.3 cm³/mol. The van der Waals surface area contributed by atoms with Gasteiger partial charge in [0.15, 0.2) is 0 Å². The first-order chi connectivity index (χ1) is 7.99. The average Bonchev–Trinajstić information content (AvgIpc) is 2.62. The lowest BCUT2D eigenvalue weighted by molar-refractivity contribution is 1.23. The Morgan fingerprint density at radius 2 is 1.76 bits per heavy atom. The predicted octanol–water partition coefficient (Wildman–Crippen LogP) is 6.96. The summed E-state index contributed by atoms with van der Waals surface area (Å²) >= 11 is 26.7. The molecule has 0 radical (unpaired) electrons. The number of thiophene rings is 1. The van der Waals surface area contributed by atoms with Gasteiger partial charge in [0.05, 0.1) is 13.6 Å². The van der Waals surface area contributed by atoms with Gasteiger partial charge in [-0.05, 0) is 45.8 Å². The third kappa shape index (κ3) is 3.20. The molecule has 0 saturated heterocycles. The van der Waals surface area contributed by atoms with E-state index in [1.165, 1.54) is 0 Å². The van der Waals surface area contributed by atoms with Crippen molar-refractivity contribution in [1.29, 1.82) is 0 Å². The summed E-state index contributed by atoms with van der Waals surface area (Å²) < 4.78 is 0.914. The summed E-state index contributed by atoms with van der Waals surface area (Å²) in [7, 11) is 0. The molecule has 1 heterocycles. The quantitative estimate of drug-likeness (QED) is 0.448. The number of hydrogen-bond acceptors (Lipinski definition) is 1. The zero-order valence-corrected chi connectivity index (χ0v) is 14.4. The van der Waals surface area contributed by atoms with Crippen molar-refractivity contribution in [3.05, 3.63) is 53.6 Å². The molecule has 0 fully saturated rings. The molecule has 1 aromatic heterocycles. The second-order valence-electron chi connectivity index (χ2n) is 3.30. The van der Waals surface area contributed by atoms with Gasteiger partial charge in [0.1, 0.15) is 0 Å². The molecule has 1 unspecified atom stereocenters. The molecule has 0 saturated carbocycles. The van der Waals surface area contributed by atoms with Gasteiger partial charge in [0.2, 0.25) is 0 Å². The topological polar surface area (TPSA) is 0 Å². The van der Waals surface area contributed by atoms with Crippen molar-refractivity contribution in [2.24, 2.45) is 0 Å². The maximum atomic E-state index is 6.16. The van der Waals surface area contributed by atoms with Crippen molar-refractivity contribution in [1.82, 2.24) is 0 Å². The highest BCUT2D eigenvalue weighted by Crippen LogP contribution is 2.43. The second-order valence-corrected chi connectivity index (χ2v) is 7.87. The van der Waals surface area contributed by atoms with Gasteiger partial charge in [0.25, 0.3) is 0 Å². The van der Waals surface area contributed by atoms with Crippen LogP contribution in [0.1, 0.15) is 15.3 Å².